The summed E-state index contributed by atoms with van der Waals surface area (Å²) in [5.41, 5.74) is 7.26. The van der Waals surface area contributed by atoms with Gasteiger partial charge in [-0.3, -0.25) is 43.3 Å². The molecule has 0 fully saturated rings. The quantitative estimate of drug-likeness (QED) is 0.0252. The fraction of sp³-hybridized carbons (Fsp3) is 0.518. The van der Waals surface area contributed by atoms with E-state index in [1.807, 2.05) is 51.1 Å². The van der Waals surface area contributed by atoms with Crippen LogP contribution in [0.3, 0.4) is 0 Å². The largest absolute Gasteiger partial charge is 0.490 e. The van der Waals surface area contributed by atoms with Crippen LogP contribution in [0.4, 0.5) is 22.0 Å². The molecule has 2 heterocycles. The van der Waals surface area contributed by atoms with Crippen LogP contribution in [0.2, 0.25) is 0 Å². The number of aliphatic hydroxyl groups is 1. The number of Topliss-reactive ketones (excluding diaryl/α,β-unsaturated/α-hetero) is 2. The third-order valence-corrected chi connectivity index (χ3v) is 13.1. The predicted octanol–water partition coefficient (Wildman–Crippen LogP) is 5.04. The Hall–Kier alpha value is -7.74. The molecule has 2 aromatic carbocycles. The standard InChI is InChI=1S/C54H72F2N8O11.C2HF3O2/c1-33(2)48(60-44(68)17-11-8-12-26-62-45(69)22-23-46(62)70)43(67)28-34(3)51(72)59-41(53(74)75)21-19-38(66)16-13-25-58-52(73)40(57)24-27-63(47(71)32-65)50(54(4,5)6)49-36(29-35-14-9-7-10-15-35)31-64(61-49)42-30-37(55)18-20-39(42)56;3-2(4,5)1(6)7/h7,9-10,14-15,18,20,22-23,30-31,33-34,40-41,48,50,65H,8,11-13,16-17,19,21,24-29,32,57H2,1-6H3,(H,58,73)(H,59,72)(H,60,68)(H,74,75);(H,6,7)/t34-,40+,41+,48+,50+;/m1./s1. The third kappa shape index (κ3) is 22.0. The molecule has 3 aromatic rings. The lowest BCUT2D eigenvalue weighted by Gasteiger charge is -2.40. The molecule has 1 aromatic heterocycles. The molecule has 0 spiro atoms. The molecule has 450 valence electrons. The predicted molar refractivity (Wildman–Crippen MR) is 286 cm³/mol. The van der Waals surface area contributed by atoms with Crippen molar-refractivity contribution in [2.45, 2.75) is 143 Å². The number of carboxylic acids is 2. The van der Waals surface area contributed by atoms with E-state index < -0.39 is 95.4 Å². The summed E-state index contributed by atoms with van der Waals surface area (Å²) in [6, 6.07) is 8.01. The van der Waals surface area contributed by atoms with Gasteiger partial charge in [-0.25, -0.2) is 23.1 Å². The summed E-state index contributed by atoms with van der Waals surface area (Å²) in [7, 11) is 0. The zero-order valence-corrected chi connectivity index (χ0v) is 46.6. The summed E-state index contributed by atoms with van der Waals surface area (Å²) < 4.78 is 62.4. The van der Waals surface area contributed by atoms with Crippen LogP contribution >= 0.6 is 0 Å². The topological polar surface area (TPSA) is 318 Å². The van der Waals surface area contributed by atoms with Crippen LogP contribution < -0.4 is 21.7 Å². The van der Waals surface area contributed by atoms with Gasteiger partial charge in [0.05, 0.1) is 23.8 Å². The van der Waals surface area contributed by atoms with E-state index in [4.69, 9.17) is 20.7 Å². The second-order valence-corrected chi connectivity index (χ2v) is 21.2. The first-order chi connectivity index (χ1) is 38.3. The van der Waals surface area contributed by atoms with Crippen molar-refractivity contribution in [3.63, 3.8) is 0 Å². The highest BCUT2D eigenvalue weighted by Gasteiger charge is 2.40. The number of unbranched alkanes of at least 4 members (excludes halogenated alkanes) is 2. The Morgan fingerprint density at radius 3 is 2.01 bits per heavy atom. The van der Waals surface area contributed by atoms with Crippen molar-refractivity contribution in [1.29, 1.82) is 0 Å². The number of ketones is 2. The van der Waals surface area contributed by atoms with Crippen LogP contribution in [0.15, 0.2) is 66.9 Å². The first-order valence-electron chi connectivity index (χ1n) is 26.6. The van der Waals surface area contributed by atoms with E-state index >= 15 is 4.39 Å². The second-order valence-electron chi connectivity index (χ2n) is 21.2. The van der Waals surface area contributed by atoms with Crippen LogP contribution in [0, 0.1) is 28.9 Å². The molecule has 8 N–H and O–H groups in total. The Morgan fingerprint density at radius 2 is 1.44 bits per heavy atom. The number of carbonyl (C=O) groups excluding carboxylic acids is 8. The van der Waals surface area contributed by atoms with Gasteiger partial charge in [-0.15, -0.1) is 0 Å². The number of halogens is 5. The molecular formula is C56H73F5N8O13. The maximum Gasteiger partial charge on any atom is 0.490 e. The Bertz CT molecular complexity index is 2750. The minimum absolute atomic E-state index is 0.0326. The molecule has 0 unspecified atom stereocenters. The third-order valence-electron chi connectivity index (χ3n) is 13.1. The Labute approximate surface area is 471 Å². The number of aromatic nitrogens is 2. The summed E-state index contributed by atoms with van der Waals surface area (Å²) in [4.78, 5) is 126. The molecular weight excluding hydrogens is 1090 g/mol. The second kappa shape index (κ2) is 32.0. The molecule has 6 amide bonds. The van der Waals surface area contributed by atoms with Gasteiger partial charge in [0.1, 0.15) is 35.8 Å². The molecule has 4 rings (SSSR count). The van der Waals surface area contributed by atoms with Crippen molar-refractivity contribution in [2.75, 3.05) is 26.2 Å². The first kappa shape index (κ1) is 68.5. The minimum atomic E-state index is -5.08. The molecule has 26 heteroatoms. The van der Waals surface area contributed by atoms with E-state index in [0.717, 1.165) is 28.7 Å². The van der Waals surface area contributed by atoms with Gasteiger partial charge < -0.3 is 41.9 Å². The van der Waals surface area contributed by atoms with Crippen LogP contribution in [0.25, 0.3) is 5.69 Å². The summed E-state index contributed by atoms with van der Waals surface area (Å²) in [5, 5.41) is 39.7. The number of nitrogens with one attached hydrogen (secondary N) is 3. The van der Waals surface area contributed by atoms with E-state index in [9.17, 15) is 70.9 Å². The number of carboxylic acid groups (broad SMARTS) is 2. The van der Waals surface area contributed by atoms with Gasteiger partial charge in [-0.05, 0) is 61.1 Å². The maximum absolute atomic E-state index is 15.1. The number of amides is 6. The number of imide groups is 1. The van der Waals surface area contributed by atoms with E-state index in [1.165, 1.54) is 28.7 Å². The lowest BCUT2D eigenvalue weighted by atomic mass is 9.81. The fourth-order valence-corrected chi connectivity index (χ4v) is 8.71. The highest BCUT2D eigenvalue weighted by atomic mass is 19.4. The molecule has 0 saturated heterocycles. The molecule has 0 radical (unpaired) electrons. The molecule has 0 bridgehead atoms. The van der Waals surface area contributed by atoms with Crippen LogP contribution in [-0.4, -0.2) is 144 Å². The van der Waals surface area contributed by atoms with Gasteiger partial charge in [-0.1, -0.05) is 78.3 Å². The number of nitrogens with two attached hydrogens (primary N) is 1. The molecule has 0 aliphatic carbocycles. The first-order valence-corrected chi connectivity index (χ1v) is 26.6. The number of aliphatic hydroxyl groups excluding tert-OH is 1. The van der Waals surface area contributed by atoms with Crippen molar-refractivity contribution >= 4 is 58.9 Å². The smallest absolute Gasteiger partial charge is 0.480 e. The van der Waals surface area contributed by atoms with E-state index in [1.54, 1.807) is 20.0 Å². The summed E-state index contributed by atoms with van der Waals surface area (Å²) >= 11 is 0. The number of aliphatic carboxylic acids is 2. The van der Waals surface area contributed by atoms with Gasteiger partial charge in [-0.2, -0.15) is 18.3 Å². The van der Waals surface area contributed by atoms with Gasteiger partial charge in [0.25, 0.3) is 11.8 Å². The fourth-order valence-electron chi connectivity index (χ4n) is 8.71. The monoisotopic (exact) mass is 1160 g/mol. The van der Waals surface area contributed by atoms with Crippen molar-refractivity contribution < 1.29 is 85.2 Å². The summed E-state index contributed by atoms with van der Waals surface area (Å²) in [5.74, 6) is -10.7. The van der Waals surface area contributed by atoms with Crippen LogP contribution in [0.1, 0.15) is 129 Å². The molecule has 21 nitrogen and oxygen atoms in total. The number of benzene rings is 2. The molecule has 82 heavy (non-hydrogen) atoms. The highest BCUT2D eigenvalue weighted by molar-refractivity contribution is 6.12. The normalized spacial score (nSPS) is 14.2. The number of hydrogen-bond donors (Lipinski definition) is 7. The van der Waals surface area contributed by atoms with E-state index in [-0.39, 0.29) is 99.7 Å². The summed E-state index contributed by atoms with van der Waals surface area (Å²) in [6.07, 6.45) is 0.197. The Morgan fingerprint density at radius 1 is 0.805 bits per heavy atom. The molecule has 5 atom stereocenters. The zero-order valence-electron chi connectivity index (χ0n) is 46.6. The van der Waals surface area contributed by atoms with Crippen molar-refractivity contribution in [3.05, 3.63) is 95.3 Å². The van der Waals surface area contributed by atoms with Gasteiger partial charge in [0.15, 0.2) is 5.78 Å². The van der Waals surface area contributed by atoms with Crippen molar-refractivity contribution in [1.82, 2.24) is 35.5 Å². The van der Waals surface area contributed by atoms with Gasteiger partial charge in [0, 0.05) is 87.6 Å². The minimum Gasteiger partial charge on any atom is -0.480 e. The average molecular weight is 1160 g/mol. The lowest BCUT2D eigenvalue weighted by molar-refractivity contribution is -0.192. The van der Waals surface area contributed by atoms with Crippen molar-refractivity contribution in [2.24, 2.45) is 23.0 Å². The van der Waals surface area contributed by atoms with Crippen LogP contribution in [0.5, 0.6) is 0 Å². The number of alkyl halides is 3. The van der Waals surface area contributed by atoms with Crippen molar-refractivity contribution in [3.8, 4) is 5.69 Å². The number of hydrogen-bond acceptors (Lipinski definition) is 13. The van der Waals surface area contributed by atoms with E-state index in [0.29, 0.717) is 36.9 Å². The van der Waals surface area contributed by atoms with E-state index in [2.05, 4.69) is 16.0 Å². The Balaban J connectivity index is 0.00000236. The number of rotatable bonds is 31. The number of carbonyl (C=O) groups is 10. The van der Waals surface area contributed by atoms with Gasteiger partial charge in [0.2, 0.25) is 23.6 Å². The highest BCUT2D eigenvalue weighted by Crippen LogP contribution is 2.40. The average Bonchev–Trinajstić information content (AvgIpc) is 4.18. The van der Waals surface area contributed by atoms with Crippen LogP contribution in [-0.2, 0) is 54.4 Å². The maximum atomic E-state index is 15.1. The Kier molecular flexibility index (Phi) is 26.8. The lowest BCUT2D eigenvalue weighted by Crippen LogP contribution is -2.47. The SMILES string of the molecule is CC(C)[C@H](NC(=O)CCCCCN1C(=O)C=CC1=O)C(=O)C[C@@H](C)C(=O)N[C@@H](CCC(=O)CCCNC(=O)[C@@H](N)CCN(C(=O)CO)[C@@H](c1nn(-c2cc(F)ccc2F)cc1Cc1ccccc1)C(C)(C)C)C(=O)O.O=C(O)C(F)(F)F. The molecule has 0 saturated carbocycles. The molecule has 1 aliphatic rings. The zero-order chi connectivity index (χ0) is 61.6. The van der Waals surface area contributed by atoms with Gasteiger partial charge >= 0.3 is 18.1 Å². The molecule has 1 aliphatic heterocycles. The summed E-state index contributed by atoms with van der Waals surface area (Å²) in [6.45, 7) is 9.79. The number of nitrogens with zero attached hydrogens (tertiary/aromatic N) is 4.